The fraction of sp³-hybridized carbons (Fsp3) is 0.286. The fourth-order valence-electron chi connectivity index (χ4n) is 1.47. The zero-order valence-electron chi connectivity index (χ0n) is 11.2. The van der Waals surface area contributed by atoms with Crippen LogP contribution in [0.3, 0.4) is 0 Å². The van der Waals surface area contributed by atoms with Crippen molar-refractivity contribution in [3.05, 3.63) is 41.0 Å². The second kappa shape index (κ2) is 6.70. The van der Waals surface area contributed by atoms with Crippen molar-refractivity contribution in [3.8, 4) is 0 Å². The number of methoxy groups -OCH3 is 1. The molecular weight excluding hydrogens is 246 g/mol. The van der Waals surface area contributed by atoms with E-state index < -0.39 is 11.9 Å². The summed E-state index contributed by atoms with van der Waals surface area (Å²) in [6.07, 6.45) is 0. The molecule has 0 unspecified atom stereocenters. The SMILES string of the molecule is COCc1ccccc1NC(=O)C(C)=C(C)C(=O)O. The Hall–Kier alpha value is -2.14. The van der Waals surface area contributed by atoms with Crippen molar-refractivity contribution < 1.29 is 19.4 Å². The van der Waals surface area contributed by atoms with E-state index in [1.165, 1.54) is 13.8 Å². The summed E-state index contributed by atoms with van der Waals surface area (Å²) in [5.41, 5.74) is 1.66. The molecule has 1 aromatic rings. The van der Waals surface area contributed by atoms with Crippen LogP contribution in [0.5, 0.6) is 0 Å². The van der Waals surface area contributed by atoms with Crippen LogP contribution < -0.4 is 5.32 Å². The molecule has 0 aromatic heterocycles. The van der Waals surface area contributed by atoms with Gasteiger partial charge < -0.3 is 15.2 Å². The monoisotopic (exact) mass is 263 g/mol. The van der Waals surface area contributed by atoms with Gasteiger partial charge in [-0.15, -0.1) is 0 Å². The first-order valence-corrected chi connectivity index (χ1v) is 5.76. The number of carboxylic acid groups (broad SMARTS) is 1. The van der Waals surface area contributed by atoms with E-state index in [0.717, 1.165) is 5.56 Å². The molecule has 0 saturated heterocycles. The number of amides is 1. The highest BCUT2D eigenvalue weighted by Crippen LogP contribution is 2.17. The topological polar surface area (TPSA) is 75.6 Å². The lowest BCUT2D eigenvalue weighted by molar-refractivity contribution is -0.133. The molecule has 0 heterocycles. The van der Waals surface area contributed by atoms with Gasteiger partial charge in [-0.1, -0.05) is 18.2 Å². The zero-order chi connectivity index (χ0) is 14.4. The Bertz CT molecular complexity index is 520. The van der Waals surface area contributed by atoms with Crippen LogP contribution >= 0.6 is 0 Å². The van der Waals surface area contributed by atoms with Gasteiger partial charge in [0.05, 0.1) is 6.61 Å². The van der Waals surface area contributed by atoms with Gasteiger partial charge >= 0.3 is 5.97 Å². The molecule has 5 nitrogen and oxygen atoms in total. The predicted molar refractivity (Wildman–Crippen MR) is 71.8 cm³/mol. The average Bonchev–Trinajstić information content (AvgIpc) is 2.39. The van der Waals surface area contributed by atoms with Crippen LogP contribution in [0.4, 0.5) is 5.69 Å². The third-order valence-electron chi connectivity index (χ3n) is 2.79. The molecule has 0 spiro atoms. The Morgan fingerprint density at radius 3 is 2.42 bits per heavy atom. The number of anilines is 1. The van der Waals surface area contributed by atoms with Gasteiger partial charge in [0.25, 0.3) is 5.91 Å². The molecule has 0 radical (unpaired) electrons. The van der Waals surface area contributed by atoms with Crippen molar-refractivity contribution in [2.45, 2.75) is 20.5 Å². The second-order valence-electron chi connectivity index (χ2n) is 4.10. The maximum atomic E-state index is 11.9. The van der Waals surface area contributed by atoms with Crippen LogP contribution in [-0.2, 0) is 20.9 Å². The fourth-order valence-corrected chi connectivity index (χ4v) is 1.47. The van der Waals surface area contributed by atoms with E-state index in [0.29, 0.717) is 12.3 Å². The van der Waals surface area contributed by atoms with Gasteiger partial charge in [-0.25, -0.2) is 4.79 Å². The lowest BCUT2D eigenvalue weighted by Crippen LogP contribution is -2.17. The van der Waals surface area contributed by atoms with Crippen LogP contribution in [0.2, 0.25) is 0 Å². The minimum atomic E-state index is -1.10. The number of ether oxygens (including phenoxy) is 1. The maximum absolute atomic E-state index is 11.9. The van der Waals surface area contributed by atoms with Crippen molar-refractivity contribution in [1.29, 1.82) is 0 Å². The summed E-state index contributed by atoms with van der Waals surface area (Å²) in [7, 11) is 1.57. The summed E-state index contributed by atoms with van der Waals surface area (Å²) in [4.78, 5) is 22.8. The summed E-state index contributed by atoms with van der Waals surface area (Å²) in [5, 5.41) is 11.5. The molecule has 1 rings (SSSR count). The van der Waals surface area contributed by atoms with E-state index in [-0.39, 0.29) is 11.1 Å². The van der Waals surface area contributed by atoms with Gasteiger partial charge in [0.1, 0.15) is 0 Å². The molecule has 0 saturated carbocycles. The Morgan fingerprint density at radius 1 is 1.21 bits per heavy atom. The van der Waals surface area contributed by atoms with Crippen molar-refractivity contribution in [3.63, 3.8) is 0 Å². The molecule has 0 atom stereocenters. The van der Waals surface area contributed by atoms with Crippen molar-refractivity contribution in [2.24, 2.45) is 0 Å². The minimum Gasteiger partial charge on any atom is -0.478 e. The van der Waals surface area contributed by atoms with E-state index in [1.807, 2.05) is 12.1 Å². The number of para-hydroxylation sites is 1. The number of aliphatic carboxylic acids is 1. The van der Waals surface area contributed by atoms with Crippen LogP contribution in [0.25, 0.3) is 0 Å². The third-order valence-corrected chi connectivity index (χ3v) is 2.79. The normalized spacial score (nSPS) is 11.7. The molecule has 102 valence electrons. The molecule has 0 fully saturated rings. The predicted octanol–water partition coefficient (Wildman–Crippen LogP) is 2.19. The first-order valence-electron chi connectivity index (χ1n) is 5.76. The number of rotatable bonds is 5. The lowest BCUT2D eigenvalue weighted by Gasteiger charge is -2.11. The van der Waals surface area contributed by atoms with Crippen LogP contribution in [-0.4, -0.2) is 24.1 Å². The summed E-state index contributed by atoms with van der Waals surface area (Å²) in [6.45, 7) is 3.26. The van der Waals surface area contributed by atoms with Crippen molar-refractivity contribution >= 4 is 17.6 Å². The van der Waals surface area contributed by atoms with Gasteiger partial charge in [-0.2, -0.15) is 0 Å². The number of carboxylic acids is 1. The standard InChI is InChI=1S/C14H17NO4/c1-9(10(2)14(17)18)13(16)15-12-7-5-4-6-11(12)8-19-3/h4-7H,8H2,1-3H3,(H,15,16)(H,17,18). The Balaban J connectivity index is 2.94. The lowest BCUT2D eigenvalue weighted by atomic mass is 10.1. The van der Waals surface area contributed by atoms with Crippen LogP contribution in [0, 0.1) is 0 Å². The molecule has 0 bridgehead atoms. The van der Waals surface area contributed by atoms with E-state index in [4.69, 9.17) is 9.84 Å². The molecule has 5 heteroatoms. The van der Waals surface area contributed by atoms with E-state index in [2.05, 4.69) is 5.32 Å². The van der Waals surface area contributed by atoms with Crippen LogP contribution in [0.1, 0.15) is 19.4 Å². The number of benzene rings is 1. The average molecular weight is 263 g/mol. The van der Waals surface area contributed by atoms with E-state index >= 15 is 0 Å². The highest BCUT2D eigenvalue weighted by Gasteiger charge is 2.13. The number of carbonyl (C=O) groups is 2. The molecule has 0 aliphatic heterocycles. The van der Waals surface area contributed by atoms with Gasteiger partial charge in [0, 0.05) is 29.5 Å². The minimum absolute atomic E-state index is 0.0294. The number of carbonyl (C=O) groups excluding carboxylic acids is 1. The summed E-state index contributed by atoms with van der Waals surface area (Å²) < 4.78 is 5.04. The van der Waals surface area contributed by atoms with Crippen LogP contribution in [0.15, 0.2) is 35.4 Å². The van der Waals surface area contributed by atoms with Gasteiger partial charge in [0.2, 0.25) is 0 Å². The highest BCUT2D eigenvalue weighted by molar-refractivity contribution is 6.08. The maximum Gasteiger partial charge on any atom is 0.331 e. The van der Waals surface area contributed by atoms with Crippen molar-refractivity contribution in [1.82, 2.24) is 0 Å². The number of hydrogen-bond donors (Lipinski definition) is 2. The summed E-state index contributed by atoms with van der Waals surface area (Å²) >= 11 is 0. The first kappa shape index (κ1) is 14.9. The first-order chi connectivity index (χ1) is 8.97. The molecule has 1 amide bonds. The quantitative estimate of drug-likeness (QED) is 0.798. The summed E-state index contributed by atoms with van der Waals surface area (Å²) in [6, 6.07) is 7.21. The Labute approximate surface area is 111 Å². The molecule has 19 heavy (non-hydrogen) atoms. The smallest absolute Gasteiger partial charge is 0.331 e. The number of nitrogens with one attached hydrogen (secondary N) is 1. The molecule has 2 N–H and O–H groups in total. The molecule has 0 aliphatic carbocycles. The van der Waals surface area contributed by atoms with Gasteiger partial charge in [-0.05, 0) is 19.9 Å². The van der Waals surface area contributed by atoms with E-state index in [9.17, 15) is 9.59 Å². The van der Waals surface area contributed by atoms with E-state index in [1.54, 1.807) is 19.2 Å². The van der Waals surface area contributed by atoms with Gasteiger partial charge in [-0.3, -0.25) is 4.79 Å². The Morgan fingerprint density at radius 2 is 1.84 bits per heavy atom. The second-order valence-corrected chi connectivity index (χ2v) is 4.10. The molecule has 1 aromatic carbocycles. The third kappa shape index (κ3) is 3.93. The largest absolute Gasteiger partial charge is 0.478 e. The van der Waals surface area contributed by atoms with Crippen molar-refractivity contribution in [2.75, 3.05) is 12.4 Å². The Kier molecular flexibility index (Phi) is 5.26. The summed E-state index contributed by atoms with van der Waals surface area (Å²) in [5.74, 6) is -1.53. The zero-order valence-corrected chi connectivity index (χ0v) is 11.2. The molecular formula is C14H17NO4. The highest BCUT2D eigenvalue weighted by atomic mass is 16.5. The van der Waals surface area contributed by atoms with Gasteiger partial charge in [0.15, 0.2) is 0 Å². The molecule has 0 aliphatic rings. The number of hydrogen-bond acceptors (Lipinski definition) is 3.